The maximum absolute atomic E-state index is 13.6. The molecule has 8 nitrogen and oxygen atoms in total. The average Bonchev–Trinajstić information content (AvgIpc) is 3.35. The summed E-state index contributed by atoms with van der Waals surface area (Å²) in [6.07, 6.45) is -1.84. The molecule has 2 N–H and O–H groups in total. The van der Waals surface area contributed by atoms with Crippen LogP contribution in [0, 0.1) is 17.8 Å². The van der Waals surface area contributed by atoms with Crippen LogP contribution in [-0.4, -0.2) is 75.0 Å². The minimum atomic E-state index is -4.43. The number of imidazole rings is 1. The first-order chi connectivity index (χ1) is 18.4. The lowest BCUT2D eigenvalue weighted by Gasteiger charge is -2.28. The van der Waals surface area contributed by atoms with Gasteiger partial charge in [0.1, 0.15) is 17.1 Å². The fraction of sp³-hybridized carbons (Fsp3) is 0.444. The maximum Gasteiger partial charge on any atom is 0.394 e. The lowest BCUT2D eigenvalue weighted by atomic mass is 9.91. The number of likely N-dealkylation sites (tertiary alicyclic amines) is 1. The Balaban J connectivity index is 1.44. The van der Waals surface area contributed by atoms with Crippen LogP contribution in [0.2, 0.25) is 0 Å². The molecule has 3 aromatic rings. The number of sulfone groups is 1. The third-order valence-electron chi connectivity index (χ3n) is 7.21. The zero-order chi connectivity index (χ0) is 27.9. The lowest BCUT2D eigenvalue weighted by molar-refractivity contribution is -0.128. The number of piperidine rings is 1. The summed E-state index contributed by atoms with van der Waals surface area (Å²) in [4.78, 5) is 7.00. The summed E-state index contributed by atoms with van der Waals surface area (Å²) < 4.78 is 71.2. The van der Waals surface area contributed by atoms with Crippen molar-refractivity contribution in [3.05, 3.63) is 53.5 Å². The molecule has 0 spiro atoms. The van der Waals surface area contributed by atoms with Crippen LogP contribution < -0.4 is 15.4 Å². The quantitative estimate of drug-likeness (QED) is 0.447. The van der Waals surface area contributed by atoms with Crippen LogP contribution in [0.1, 0.15) is 29.4 Å². The zero-order valence-electron chi connectivity index (χ0n) is 21.8. The van der Waals surface area contributed by atoms with Gasteiger partial charge in [0.05, 0.1) is 36.4 Å². The topological polar surface area (TPSA) is 88.0 Å². The van der Waals surface area contributed by atoms with Gasteiger partial charge in [0.2, 0.25) is 0 Å². The Morgan fingerprint density at radius 2 is 2.05 bits per heavy atom. The molecule has 0 amide bonds. The van der Waals surface area contributed by atoms with Gasteiger partial charge in [-0.2, -0.15) is 13.2 Å². The number of nitrogens with zero attached hydrogens (tertiary/aromatic N) is 3. The van der Waals surface area contributed by atoms with Crippen LogP contribution in [0.15, 0.2) is 41.4 Å². The predicted octanol–water partition coefficient (Wildman–Crippen LogP) is 3.28. The van der Waals surface area contributed by atoms with Crippen LogP contribution >= 0.6 is 0 Å². The predicted molar refractivity (Wildman–Crippen MR) is 142 cm³/mol. The number of methoxy groups -OCH3 is 1. The fourth-order valence-corrected chi connectivity index (χ4v) is 6.25. The monoisotopic (exact) mass is 561 g/mol. The molecule has 1 aromatic carbocycles. The van der Waals surface area contributed by atoms with E-state index in [-0.39, 0.29) is 28.9 Å². The van der Waals surface area contributed by atoms with Crippen LogP contribution in [0.25, 0.3) is 5.65 Å². The molecular weight excluding hydrogens is 531 g/mol. The summed E-state index contributed by atoms with van der Waals surface area (Å²) in [7, 11) is 0.0905. The normalized spacial score (nSPS) is 21.5. The van der Waals surface area contributed by atoms with E-state index in [4.69, 9.17) is 4.74 Å². The summed E-state index contributed by atoms with van der Waals surface area (Å²) >= 11 is 0. The molecule has 2 bridgehead atoms. The van der Waals surface area contributed by atoms with Gasteiger partial charge in [-0.05, 0) is 43.5 Å². The molecule has 0 aliphatic carbocycles. The second-order valence-corrected chi connectivity index (χ2v) is 12.2. The van der Waals surface area contributed by atoms with Gasteiger partial charge in [-0.1, -0.05) is 12.0 Å². The number of hydrogen-bond acceptors (Lipinski definition) is 7. The van der Waals surface area contributed by atoms with E-state index >= 15 is 0 Å². The minimum Gasteiger partial charge on any atom is -0.495 e. The average molecular weight is 562 g/mol. The van der Waals surface area contributed by atoms with Gasteiger partial charge in [-0.3, -0.25) is 0 Å². The molecule has 2 saturated heterocycles. The van der Waals surface area contributed by atoms with Crippen molar-refractivity contribution in [2.24, 2.45) is 5.92 Å². The van der Waals surface area contributed by atoms with Crippen molar-refractivity contribution in [1.29, 1.82) is 0 Å². The van der Waals surface area contributed by atoms with E-state index in [1.54, 1.807) is 18.3 Å². The Bertz CT molecular complexity index is 1560. The lowest BCUT2D eigenvalue weighted by Crippen LogP contribution is -2.38. The van der Waals surface area contributed by atoms with Gasteiger partial charge in [0.15, 0.2) is 9.84 Å². The molecule has 2 fully saturated rings. The number of nitrogens with one attached hydrogen (secondary N) is 2. The number of benzene rings is 1. The Morgan fingerprint density at radius 3 is 2.77 bits per heavy atom. The second-order valence-electron chi connectivity index (χ2n) is 10.2. The van der Waals surface area contributed by atoms with Crippen LogP contribution in [0.4, 0.5) is 18.9 Å². The van der Waals surface area contributed by atoms with Crippen molar-refractivity contribution < 1.29 is 26.3 Å². The number of pyridine rings is 1. The van der Waals surface area contributed by atoms with Gasteiger partial charge in [-0.15, -0.1) is 0 Å². The third kappa shape index (κ3) is 5.85. The number of fused-ring (bicyclic) bond motifs is 3. The van der Waals surface area contributed by atoms with E-state index in [9.17, 15) is 21.6 Å². The van der Waals surface area contributed by atoms with Gasteiger partial charge in [0, 0.05) is 49.3 Å². The molecule has 2 aliphatic rings. The number of aromatic nitrogens is 2. The van der Waals surface area contributed by atoms with Crippen LogP contribution in [0.5, 0.6) is 5.75 Å². The first kappa shape index (κ1) is 27.3. The fourth-order valence-electron chi connectivity index (χ4n) is 5.62. The standard InChI is InChI=1S/C27H30F3N5O3S/c1-34-15-17-12-18(16-34)32-25(17)20-6-5-11-35-23(14-27(28,29)30)21(33-26(20)35)7-4-10-31-22-9-8-19(39(3,36)37)13-24(22)38-2/h5-6,8-9,11,13,17-18,25,31-32H,10,12,14-16H2,1-3H3/t17-,18+,25+/m1/s1. The van der Waals surface area contributed by atoms with E-state index in [1.807, 2.05) is 6.07 Å². The number of likely N-dealkylation sites (N-methyl/N-ethyl adjacent to an activating group) is 1. The smallest absolute Gasteiger partial charge is 0.394 e. The summed E-state index contributed by atoms with van der Waals surface area (Å²) in [5, 5.41) is 6.69. The van der Waals surface area contributed by atoms with E-state index in [1.165, 1.54) is 23.6 Å². The van der Waals surface area contributed by atoms with Crippen molar-refractivity contribution in [3.8, 4) is 17.6 Å². The molecule has 0 radical (unpaired) electrons. The van der Waals surface area contributed by atoms with Gasteiger partial charge >= 0.3 is 6.18 Å². The molecule has 2 aromatic heterocycles. The van der Waals surface area contributed by atoms with Crippen molar-refractivity contribution in [3.63, 3.8) is 0 Å². The van der Waals surface area contributed by atoms with Gasteiger partial charge < -0.3 is 24.7 Å². The molecule has 3 atom stereocenters. The van der Waals surface area contributed by atoms with Gasteiger partial charge in [-0.25, -0.2) is 13.4 Å². The van der Waals surface area contributed by atoms with Crippen LogP contribution in [0.3, 0.4) is 0 Å². The first-order valence-corrected chi connectivity index (χ1v) is 14.4. The van der Waals surface area contributed by atoms with Gasteiger partial charge in [0.25, 0.3) is 0 Å². The highest BCUT2D eigenvalue weighted by molar-refractivity contribution is 7.90. The van der Waals surface area contributed by atoms with Crippen molar-refractivity contribution in [2.45, 2.75) is 36.0 Å². The summed E-state index contributed by atoms with van der Waals surface area (Å²) in [5.41, 5.74) is 1.96. The molecule has 5 rings (SSSR count). The number of anilines is 1. The third-order valence-corrected chi connectivity index (χ3v) is 8.32. The molecule has 0 unspecified atom stereocenters. The van der Waals surface area contributed by atoms with Crippen molar-refractivity contribution in [2.75, 3.05) is 45.4 Å². The number of alkyl halides is 3. The number of ether oxygens (including phenoxy) is 1. The van der Waals surface area contributed by atoms with E-state index in [2.05, 4.69) is 39.4 Å². The van der Waals surface area contributed by atoms with E-state index < -0.39 is 22.4 Å². The Hall–Kier alpha value is -3.27. The molecule has 2 aliphatic heterocycles. The second kappa shape index (κ2) is 10.4. The Kier molecular flexibility index (Phi) is 7.26. The highest BCUT2D eigenvalue weighted by Crippen LogP contribution is 2.38. The minimum absolute atomic E-state index is 0.0000211. The number of halogens is 3. The van der Waals surface area contributed by atoms with E-state index in [0.29, 0.717) is 29.0 Å². The van der Waals surface area contributed by atoms with Crippen molar-refractivity contribution in [1.82, 2.24) is 19.6 Å². The first-order valence-electron chi connectivity index (χ1n) is 12.5. The highest BCUT2D eigenvalue weighted by Gasteiger charge is 2.40. The Labute approximate surface area is 225 Å². The highest BCUT2D eigenvalue weighted by atomic mass is 32.2. The molecule has 208 valence electrons. The summed E-state index contributed by atoms with van der Waals surface area (Å²) in [6, 6.07) is 8.46. The Morgan fingerprint density at radius 1 is 1.26 bits per heavy atom. The molecule has 4 heterocycles. The van der Waals surface area contributed by atoms with Crippen molar-refractivity contribution >= 4 is 21.2 Å². The molecular formula is C27H30F3N5O3S. The van der Waals surface area contributed by atoms with Crippen LogP contribution in [-0.2, 0) is 16.3 Å². The largest absolute Gasteiger partial charge is 0.495 e. The molecule has 0 saturated carbocycles. The molecule has 12 heteroatoms. The maximum atomic E-state index is 13.6. The zero-order valence-corrected chi connectivity index (χ0v) is 22.7. The summed E-state index contributed by atoms with van der Waals surface area (Å²) in [5.74, 6) is 6.36. The SMILES string of the molecule is COc1cc(S(C)(=O)=O)ccc1NCC#Cc1nc2c([C@H]3N[C@H]4C[C@@H]3CN(C)C4)cccn2c1CC(F)(F)F. The van der Waals surface area contributed by atoms with E-state index in [0.717, 1.165) is 31.3 Å². The number of hydrogen-bond donors (Lipinski definition) is 2. The number of rotatable bonds is 6. The summed E-state index contributed by atoms with van der Waals surface area (Å²) in [6.45, 7) is 1.94. The molecule has 39 heavy (non-hydrogen) atoms.